The summed E-state index contributed by atoms with van der Waals surface area (Å²) in [5.74, 6) is -3.37. The Hall–Kier alpha value is -4.01. The van der Waals surface area contributed by atoms with Gasteiger partial charge in [0.2, 0.25) is 5.91 Å². The lowest BCUT2D eigenvalue weighted by Gasteiger charge is -2.28. The van der Waals surface area contributed by atoms with Gasteiger partial charge < -0.3 is 0 Å². The Morgan fingerprint density at radius 1 is 0.935 bits per heavy atom. The van der Waals surface area contributed by atoms with Crippen LogP contribution in [0.1, 0.15) is 5.56 Å². The topological polar surface area (TPSA) is 78.8 Å². The first-order valence-corrected chi connectivity index (χ1v) is 9.14. The van der Waals surface area contributed by atoms with Crippen LogP contribution in [0.4, 0.5) is 29.3 Å². The summed E-state index contributed by atoms with van der Waals surface area (Å²) >= 11 is 0. The van der Waals surface area contributed by atoms with Crippen molar-refractivity contribution in [2.45, 2.75) is 6.18 Å². The molecule has 4 amide bonds. The number of carbonyl (C=O) groups is 3. The van der Waals surface area contributed by atoms with E-state index in [1.54, 1.807) is 12.1 Å². The number of benzene rings is 3. The van der Waals surface area contributed by atoms with Gasteiger partial charge in [-0.25, -0.2) is 9.69 Å². The number of imide groups is 2. The minimum Gasteiger partial charge on any atom is -0.276 e. The lowest BCUT2D eigenvalue weighted by molar-refractivity contribution is -0.138. The molecular formula is C22H14F3N3O3. The number of amides is 4. The summed E-state index contributed by atoms with van der Waals surface area (Å²) in [6.45, 7) is 0. The molecule has 3 aromatic carbocycles. The van der Waals surface area contributed by atoms with Gasteiger partial charge in [0, 0.05) is 11.6 Å². The van der Waals surface area contributed by atoms with Crippen molar-refractivity contribution < 1.29 is 27.6 Å². The SMILES string of the molecule is O=C1NC(=O)N(c2cccc(C(F)(F)F)c2)C(=O)[C@H]1C=Nc1cccc2ccccc12. The molecule has 156 valence electrons. The molecule has 4 rings (SSSR count). The quantitative estimate of drug-likeness (QED) is 0.497. The summed E-state index contributed by atoms with van der Waals surface area (Å²) in [5.41, 5.74) is -0.821. The maximum atomic E-state index is 13.0. The van der Waals surface area contributed by atoms with Gasteiger partial charge in [-0.2, -0.15) is 13.2 Å². The first kappa shape index (κ1) is 20.3. The maximum Gasteiger partial charge on any atom is 0.416 e. The standard InChI is InChI=1S/C22H14F3N3O3/c23-22(24,25)14-7-4-8-15(11-14)28-20(30)17(19(29)27-21(28)31)12-26-18-10-3-6-13-5-1-2-9-16(13)18/h1-12,17H,(H,27,29,31)/t17-/m0/s1. The molecule has 0 saturated carbocycles. The first-order valence-electron chi connectivity index (χ1n) is 9.14. The van der Waals surface area contributed by atoms with Crippen molar-refractivity contribution >= 4 is 46.2 Å². The molecule has 0 bridgehead atoms. The van der Waals surface area contributed by atoms with E-state index in [1.165, 1.54) is 6.07 Å². The third-order valence-corrected chi connectivity index (χ3v) is 4.76. The van der Waals surface area contributed by atoms with Crippen LogP contribution < -0.4 is 10.2 Å². The van der Waals surface area contributed by atoms with Gasteiger partial charge in [-0.1, -0.05) is 42.5 Å². The molecule has 1 saturated heterocycles. The lowest BCUT2D eigenvalue weighted by Crippen LogP contribution is -2.58. The molecule has 0 unspecified atom stereocenters. The number of fused-ring (bicyclic) bond motifs is 1. The van der Waals surface area contributed by atoms with Crippen molar-refractivity contribution in [2.24, 2.45) is 10.9 Å². The number of nitrogens with one attached hydrogen (secondary N) is 1. The van der Waals surface area contributed by atoms with E-state index in [2.05, 4.69) is 4.99 Å². The molecule has 6 nitrogen and oxygen atoms in total. The maximum absolute atomic E-state index is 13.0. The number of urea groups is 1. The van der Waals surface area contributed by atoms with Crippen LogP contribution in [0.3, 0.4) is 0 Å². The second-order valence-corrected chi connectivity index (χ2v) is 6.77. The van der Waals surface area contributed by atoms with Crippen LogP contribution in [0.15, 0.2) is 71.7 Å². The Labute approximate surface area is 174 Å². The number of carbonyl (C=O) groups excluding carboxylic acids is 3. The fourth-order valence-electron chi connectivity index (χ4n) is 3.26. The molecule has 0 aliphatic carbocycles. The first-order chi connectivity index (χ1) is 14.8. The molecule has 1 heterocycles. The third-order valence-electron chi connectivity index (χ3n) is 4.76. The Kier molecular flexibility index (Phi) is 5.02. The summed E-state index contributed by atoms with van der Waals surface area (Å²) in [7, 11) is 0. The van der Waals surface area contributed by atoms with Gasteiger partial charge in [-0.05, 0) is 29.7 Å². The molecule has 9 heteroatoms. The fourth-order valence-corrected chi connectivity index (χ4v) is 3.26. The predicted molar refractivity (Wildman–Crippen MR) is 108 cm³/mol. The Morgan fingerprint density at radius 2 is 1.65 bits per heavy atom. The molecule has 1 atom stereocenters. The number of hydrogen-bond acceptors (Lipinski definition) is 4. The van der Waals surface area contributed by atoms with Crippen molar-refractivity contribution in [3.63, 3.8) is 0 Å². The van der Waals surface area contributed by atoms with E-state index in [9.17, 15) is 27.6 Å². The van der Waals surface area contributed by atoms with Crippen molar-refractivity contribution in [3.8, 4) is 0 Å². The number of barbiturate groups is 1. The fraction of sp³-hybridized carbons (Fsp3) is 0.0909. The van der Waals surface area contributed by atoms with E-state index in [0.29, 0.717) is 16.7 Å². The van der Waals surface area contributed by atoms with E-state index in [-0.39, 0.29) is 5.69 Å². The van der Waals surface area contributed by atoms with Crippen molar-refractivity contribution in [3.05, 3.63) is 72.3 Å². The van der Waals surface area contributed by atoms with Crippen LogP contribution in [0.2, 0.25) is 0 Å². The highest BCUT2D eigenvalue weighted by atomic mass is 19.4. The predicted octanol–water partition coefficient (Wildman–Crippen LogP) is 4.46. The highest BCUT2D eigenvalue weighted by Crippen LogP contribution is 2.32. The van der Waals surface area contributed by atoms with Crippen LogP contribution in [0, 0.1) is 5.92 Å². The van der Waals surface area contributed by atoms with Gasteiger partial charge in [-0.3, -0.25) is 19.9 Å². The molecule has 0 aromatic heterocycles. The number of alkyl halides is 3. The van der Waals surface area contributed by atoms with Crippen LogP contribution >= 0.6 is 0 Å². The van der Waals surface area contributed by atoms with Crippen LogP contribution in [-0.2, 0) is 15.8 Å². The summed E-state index contributed by atoms with van der Waals surface area (Å²) in [4.78, 5) is 42.1. The molecule has 1 aliphatic heterocycles. The second kappa shape index (κ2) is 7.67. The van der Waals surface area contributed by atoms with Crippen LogP contribution in [0.5, 0.6) is 0 Å². The summed E-state index contributed by atoms with van der Waals surface area (Å²) in [6, 6.07) is 15.3. The minimum atomic E-state index is -4.66. The van der Waals surface area contributed by atoms with Crippen molar-refractivity contribution in [1.82, 2.24) is 5.32 Å². The second-order valence-electron chi connectivity index (χ2n) is 6.77. The van der Waals surface area contributed by atoms with Gasteiger partial charge in [0.25, 0.3) is 5.91 Å². The number of rotatable bonds is 3. The van der Waals surface area contributed by atoms with E-state index < -0.39 is 35.5 Å². The smallest absolute Gasteiger partial charge is 0.276 e. The van der Waals surface area contributed by atoms with Crippen molar-refractivity contribution in [1.29, 1.82) is 0 Å². The number of aliphatic imine (C=N–C) groups is 1. The normalized spacial score (nSPS) is 17.5. The van der Waals surface area contributed by atoms with Crippen LogP contribution in [0.25, 0.3) is 10.8 Å². The van der Waals surface area contributed by atoms with Gasteiger partial charge in [0.15, 0.2) is 5.92 Å². The largest absolute Gasteiger partial charge is 0.416 e. The highest BCUT2D eigenvalue weighted by Gasteiger charge is 2.41. The van der Waals surface area contributed by atoms with E-state index >= 15 is 0 Å². The summed E-state index contributed by atoms with van der Waals surface area (Å²) in [5, 5.41) is 3.68. The highest BCUT2D eigenvalue weighted by molar-refractivity contribution is 6.32. The number of nitrogens with zero attached hydrogens (tertiary/aromatic N) is 2. The summed E-state index contributed by atoms with van der Waals surface area (Å²) in [6.07, 6.45) is -3.57. The number of anilines is 1. The van der Waals surface area contributed by atoms with Gasteiger partial charge >= 0.3 is 12.2 Å². The minimum absolute atomic E-state index is 0.298. The molecule has 1 aliphatic rings. The zero-order valence-corrected chi connectivity index (χ0v) is 15.8. The summed E-state index contributed by atoms with van der Waals surface area (Å²) < 4.78 is 39.1. The average molecular weight is 425 g/mol. The Bertz CT molecular complexity index is 1230. The van der Waals surface area contributed by atoms with E-state index in [4.69, 9.17) is 0 Å². The zero-order chi connectivity index (χ0) is 22.2. The molecule has 0 radical (unpaired) electrons. The average Bonchev–Trinajstić information content (AvgIpc) is 2.73. The molecule has 3 aromatic rings. The zero-order valence-electron chi connectivity index (χ0n) is 15.8. The number of hydrogen-bond donors (Lipinski definition) is 1. The van der Waals surface area contributed by atoms with Gasteiger partial charge in [-0.15, -0.1) is 0 Å². The molecular weight excluding hydrogens is 411 g/mol. The molecule has 1 N–H and O–H groups in total. The van der Waals surface area contributed by atoms with Crippen LogP contribution in [-0.4, -0.2) is 24.1 Å². The van der Waals surface area contributed by atoms with Gasteiger partial charge in [0.05, 0.1) is 16.9 Å². The van der Waals surface area contributed by atoms with Gasteiger partial charge in [0.1, 0.15) is 0 Å². The lowest BCUT2D eigenvalue weighted by atomic mass is 10.0. The molecule has 0 spiro atoms. The number of halogens is 3. The van der Waals surface area contributed by atoms with Crippen molar-refractivity contribution in [2.75, 3.05) is 4.90 Å². The Morgan fingerprint density at radius 3 is 2.42 bits per heavy atom. The molecule has 1 fully saturated rings. The monoisotopic (exact) mass is 425 g/mol. The van der Waals surface area contributed by atoms with E-state index in [0.717, 1.165) is 29.1 Å². The third kappa shape index (κ3) is 3.89. The van der Waals surface area contributed by atoms with E-state index in [1.807, 2.05) is 35.6 Å². The Balaban J connectivity index is 1.68. The molecule has 31 heavy (non-hydrogen) atoms.